The highest BCUT2D eigenvalue weighted by Crippen LogP contribution is 2.22. The smallest absolute Gasteiger partial charge is 0.292 e. The fraction of sp³-hybridized carbons (Fsp3) is 0.278. The van der Waals surface area contributed by atoms with Gasteiger partial charge >= 0.3 is 0 Å². The van der Waals surface area contributed by atoms with Crippen molar-refractivity contribution in [3.63, 3.8) is 0 Å². The summed E-state index contributed by atoms with van der Waals surface area (Å²) in [6, 6.07) is 13.9. The summed E-state index contributed by atoms with van der Waals surface area (Å²) in [7, 11) is 0. The second kappa shape index (κ2) is 11.2. The molecule has 0 aliphatic rings. The molecular weight excluding hydrogens is 461 g/mol. The third-order valence-corrected chi connectivity index (χ3v) is 3.31. The molecule has 0 aliphatic carbocycles. The molecule has 0 amide bonds. The first-order valence-corrected chi connectivity index (χ1v) is 8.26. The van der Waals surface area contributed by atoms with E-state index in [0.717, 1.165) is 11.4 Å². The van der Waals surface area contributed by atoms with Gasteiger partial charge < -0.3 is 21.1 Å². The highest BCUT2D eigenvalue weighted by Gasteiger charge is 2.10. The van der Waals surface area contributed by atoms with Crippen molar-refractivity contribution in [3.8, 4) is 5.75 Å². The minimum Gasteiger partial charge on any atom is -0.491 e. The molecule has 0 spiro atoms. The molecule has 2 aromatic carbocycles. The number of nitro benzene ring substituents is 1. The molecule has 4 N–H and O–H groups in total. The lowest BCUT2D eigenvalue weighted by atomic mass is 10.2. The van der Waals surface area contributed by atoms with Gasteiger partial charge in [0.25, 0.3) is 5.69 Å². The number of halogens is 1. The quantitative estimate of drug-likeness (QED) is 0.131. The van der Waals surface area contributed by atoms with E-state index in [1.54, 1.807) is 18.2 Å². The molecule has 0 aliphatic heterocycles. The first-order valence-electron chi connectivity index (χ1n) is 8.26. The normalized spacial score (nSPS) is 10.9. The van der Waals surface area contributed by atoms with Gasteiger partial charge in [0, 0.05) is 18.3 Å². The lowest BCUT2D eigenvalue weighted by molar-refractivity contribution is -0.384. The molecule has 0 saturated heterocycles. The van der Waals surface area contributed by atoms with Gasteiger partial charge in [-0.2, -0.15) is 0 Å². The Balaban J connectivity index is 0.00000364. The van der Waals surface area contributed by atoms with Crippen LogP contribution >= 0.6 is 24.0 Å². The topological polar surface area (TPSA) is 115 Å². The molecule has 0 bridgehead atoms. The van der Waals surface area contributed by atoms with Crippen LogP contribution in [0.15, 0.2) is 53.5 Å². The van der Waals surface area contributed by atoms with Gasteiger partial charge in [0.1, 0.15) is 11.4 Å². The number of aliphatic imine (C=N–C) groups is 1. The fourth-order valence-corrected chi connectivity index (χ4v) is 2.23. The monoisotopic (exact) mass is 485 g/mol. The van der Waals surface area contributed by atoms with E-state index in [9.17, 15) is 10.1 Å². The van der Waals surface area contributed by atoms with Gasteiger partial charge in [0.15, 0.2) is 5.96 Å². The molecule has 27 heavy (non-hydrogen) atoms. The number of benzene rings is 2. The first kappa shape index (κ1) is 22.5. The van der Waals surface area contributed by atoms with Crippen molar-refractivity contribution < 1.29 is 9.66 Å². The number of hydrogen-bond acceptors (Lipinski definition) is 5. The SMILES string of the molecule is CC(C)Oc1ccc(NC(N)=NCCNc2ccccc2[N+](=O)[O-])cc1.I. The van der Waals surface area contributed by atoms with Crippen LogP contribution in [0.5, 0.6) is 5.75 Å². The second-order valence-corrected chi connectivity index (χ2v) is 5.78. The number of rotatable bonds is 8. The molecule has 146 valence electrons. The van der Waals surface area contributed by atoms with Gasteiger partial charge in [0.05, 0.1) is 17.6 Å². The van der Waals surface area contributed by atoms with Crippen LogP contribution in [-0.4, -0.2) is 30.1 Å². The highest BCUT2D eigenvalue weighted by atomic mass is 127. The van der Waals surface area contributed by atoms with Gasteiger partial charge in [-0.15, -0.1) is 24.0 Å². The van der Waals surface area contributed by atoms with Crippen LogP contribution in [0, 0.1) is 10.1 Å². The predicted molar refractivity (Wildman–Crippen MR) is 119 cm³/mol. The van der Waals surface area contributed by atoms with Crippen molar-refractivity contribution in [2.75, 3.05) is 23.7 Å². The Kier molecular flexibility index (Phi) is 9.34. The van der Waals surface area contributed by atoms with Gasteiger partial charge in [-0.05, 0) is 44.2 Å². The second-order valence-electron chi connectivity index (χ2n) is 5.78. The molecule has 0 saturated carbocycles. The average molecular weight is 485 g/mol. The molecule has 0 unspecified atom stereocenters. The number of nitrogens with one attached hydrogen (secondary N) is 2. The Morgan fingerprint density at radius 1 is 1.22 bits per heavy atom. The molecule has 0 aromatic heterocycles. The number of guanidine groups is 1. The van der Waals surface area contributed by atoms with Crippen molar-refractivity contribution in [2.24, 2.45) is 10.7 Å². The van der Waals surface area contributed by atoms with E-state index in [-0.39, 0.29) is 41.7 Å². The standard InChI is InChI=1S/C18H23N5O3.HI/c1-13(2)26-15-9-7-14(8-10-15)22-18(19)21-12-11-20-16-5-3-4-6-17(16)23(24)25;/h3-10,13,20H,11-12H2,1-2H3,(H3,19,21,22);1H. The van der Waals surface area contributed by atoms with Crippen LogP contribution in [0.2, 0.25) is 0 Å². The summed E-state index contributed by atoms with van der Waals surface area (Å²) >= 11 is 0. The predicted octanol–water partition coefficient (Wildman–Crippen LogP) is 3.84. The maximum atomic E-state index is 10.9. The van der Waals surface area contributed by atoms with Crippen molar-refractivity contribution in [3.05, 3.63) is 58.6 Å². The third kappa shape index (κ3) is 7.69. The van der Waals surface area contributed by atoms with Crippen molar-refractivity contribution in [1.29, 1.82) is 0 Å². The third-order valence-electron chi connectivity index (χ3n) is 3.31. The van der Waals surface area contributed by atoms with Crippen LogP contribution < -0.4 is 21.1 Å². The van der Waals surface area contributed by atoms with Crippen LogP contribution in [-0.2, 0) is 0 Å². The van der Waals surface area contributed by atoms with E-state index in [2.05, 4.69) is 15.6 Å². The maximum absolute atomic E-state index is 10.9. The Morgan fingerprint density at radius 2 is 1.89 bits per heavy atom. The molecule has 2 rings (SSSR count). The molecule has 0 atom stereocenters. The summed E-state index contributed by atoms with van der Waals surface area (Å²) in [5, 5.41) is 16.9. The van der Waals surface area contributed by atoms with Crippen molar-refractivity contribution in [2.45, 2.75) is 20.0 Å². The zero-order valence-electron chi connectivity index (χ0n) is 15.2. The molecule has 8 nitrogen and oxygen atoms in total. The van der Waals surface area contributed by atoms with E-state index in [1.807, 2.05) is 38.1 Å². The van der Waals surface area contributed by atoms with Crippen LogP contribution in [0.25, 0.3) is 0 Å². The van der Waals surface area contributed by atoms with Gasteiger partial charge in [-0.3, -0.25) is 15.1 Å². The van der Waals surface area contributed by atoms with Gasteiger partial charge in [-0.25, -0.2) is 0 Å². The average Bonchev–Trinajstić information content (AvgIpc) is 2.60. The highest BCUT2D eigenvalue weighted by molar-refractivity contribution is 14.0. The summed E-state index contributed by atoms with van der Waals surface area (Å²) in [6.07, 6.45) is 0.119. The van der Waals surface area contributed by atoms with E-state index in [4.69, 9.17) is 10.5 Å². The summed E-state index contributed by atoms with van der Waals surface area (Å²) in [6.45, 7) is 4.73. The van der Waals surface area contributed by atoms with Crippen molar-refractivity contribution >= 4 is 47.0 Å². The lowest BCUT2D eigenvalue weighted by Crippen LogP contribution is -2.23. The Hall–Kier alpha value is -2.56. The number of anilines is 2. The van der Waals surface area contributed by atoms with Crippen LogP contribution in [0.1, 0.15) is 13.8 Å². The summed E-state index contributed by atoms with van der Waals surface area (Å²) < 4.78 is 5.58. The van der Waals surface area contributed by atoms with Gasteiger partial charge in [-0.1, -0.05) is 12.1 Å². The number of nitro groups is 1. The summed E-state index contributed by atoms with van der Waals surface area (Å²) in [5.74, 6) is 1.06. The Morgan fingerprint density at radius 3 is 2.52 bits per heavy atom. The number of ether oxygens (including phenoxy) is 1. The van der Waals surface area contributed by atoms with E-state index in [0.29, 0.717) is 18.8 Å². The fourth-order valence-electron chi connectivity index (χ4n) is 2.23. The van der Waals surface area contributed by atoms with E-state index in [1.165, 1.54) is 6.07 Å². The minimum atomic E-state index is -0.422. The summed E-state index contributed by atoms with van der Waals surface area (Å²) in [5.41, 5.74) is 7.15. The maximum Gasteiger partial charge on any atom is 0.292 e. The number of nitrogens with two attached hydrogens (primary N) is 1. The van der Waals surface area contributed by atoms with Crippen LogP contribution in [0.4, 0.5) is 17.1 Å². The molecule has 2 aromatic rings. The Bertz CT molecular complexity index is 766. The number of nitrogens with zero attached hydrogens (tertiary/aromatic N) is 2. The van der Waals surface area contributed by atoms with Gasteiger partial charge in [0.2, 0.25) is 0 Å². The zero-order chi connectivity index (χ0) is 18.9. The lowest BCUT2D eigenvalue weighted by Gasteiger charge is -2.11. The van der Waals surface area contributed by atoms with Crippen LogP contribution in [0.3, 0.4) is 0 Å². The first-order chi connectivity index (χ1) is 12.5. The Labute approximate surface area is 175 Å². The molecular formula is C18H24IN5O3. The number of para-hydroxylation sites is 2. The van der Waals surface area contributed by atoms with E-state index < -0.39 is 4.92 Å². The molecule has 0 radical (unpaired) electrons. The minimum absolute atomic E-state index is 0. The molecule has 0 fully saturated rings. The number of hydrogen-bond donors (Lipinski definition) is 3. The summed E-state index contributed by atoms with van der Waals surface area (Å²) in [4.78, 5) is 14.7. The molecule has 0 heterocycles. The van der Waals surface area contributed by atoms with E-state index >= 15 is 0 Å². The largest absolute Gasteiger partial charge is 0.491 e. The molecule has 9 heteroatoms. The zero-order valence-corrected chi connectivity index (χ0v) is 17.5. The van der Waals surface area contributed by atoms with Crippen molar-refractivity contribution in [1.82, 2.24) is 0 Å².